The Hall–Kier alpha value is -2.23. The highest BCUT2D eigenvalue weighted by Gasteiger charge is 2.24. The summed E-state index contributed by atoms with van der Waals surface area (Å²) in [7, 11) is 0. The van der Waals surface area contributed by atoms with E-state index in [0.717, 1.165) is 0 Å². The van der Waals surface area contributed by atoms with Crippen LogP contribution in [0.5, 0.6) is 5.75 Å². The van der Waals surface area contributed by atoms with E-state index in [1.165, 1.54) is 24.3 Å². The molecule has 2 N–H and O–H groups in total. The van der Waals surface area contributed by atoms with Crippen molar-refractivity contribution in [2.24, 2.45) is 0 Å². The smallest absolute Gasteiger partial charge is 0.358 e. The minimum Gasteiger partial charge on any atom is -0.502 e. The lowest BCUT2D eigenvalue weighted by Gasteiger charge is -2.02. The minimum absolute atomic E-state index is 0.0638. The van der Waals surface area contributed by atoms with E-state index in [1.807, 2.05) is 22.6 Å². The van der Waals surface area contributed by atoms with Gasteiger partial charge < -0.3 is 14.7 Å². The number of pyridine rings is 1. The first-order valence-electron chi connectivity index (χ1n) is 5.66. The van der Waals surface area contributed by atoms with Crippen molar-refractivity contribution in [2.45, 2.75) is 0 Å². The number of rotatable bonds is 2. The molecule has 0 saturated carbocycles. The summed E-state index contributed by atoms with van der Waals surface area (Å²) in [5.74, 6) is -2.35. The number of aromatic nitrogens is 2. The molecule has 0 radical (unpaired) electrons. The predicted molar refractivity (Wildman–Crippen MR) is 78.5 cm³/mol. The van der Waals surface area contributed by atoms with Crippen LogP contribution >= 0.6 is 22.6 Å². The second kappa shape index (κ2) is 4.95. The van der Waals surface area contributed by atoms with E-state index in [-0.39, 0.29) is 5.58 Å². The molecule has 6 nitrogen and oxygen atoms in total. The standard InChI is InChI=1S/C13H6FIN2O4/c14-6-3-1-5(2-4-6)8-7-11(21-17-8)10(18)9(13(19)20)16-12(7)15/h1-4,18H,(H,19,20). The number of benzene rings is 1. The van der Waals surface area contributed by atoms with Crippen molar-refractivity contribution in [3.05, 3.63) is 39.5 Å². The normalized spacial score (nSPS) is 11.0. The van der Waals surface area contributed by atoms with Crippen LogP contribution in [0.2, 0.25) is 0 Å². The molecule has 0 aliphatic carbocycles. The fourth-order valence-electron chi connectivity index (χ4n) is 1.91. The average molecular weight is 400 g/mol. The molecule has 0 aliphatic heterocycles. The lowest BCUT2D eigenvalue weighted by molar-refractivity contribution is 0.0687. The van der Waals surface area contributed by atoms with Crippen molar-refractivity contribution >= 4 is 39.5 Å². The zero-order valence-corrected chi connectivity index (χ0v) is 12.3. The van der Waals surface area contributed by atoms with E-state index in [2.05, 4.69) is 10.1 Å². The second-order valence-electron chi connectivity index (χ2n) is 4.15. The summed E-state index contributed by atoms with van der Waals surface area (Å²) in [5, 5.41) is 23.1. The van der Waals surface area contributed by atoms with Gasteiger partial charge in [0.1, 0.15) is 15.2 Å². The summed E-state index contributed by atoms with van der Waals surface area (Å²) in [5.41, 5.74) is 0.353. The van der Waals surface area contributed by atoms with Crippen LogP contribution in [-0.4, -0.2) is 26.3 Å². The number of aromatic hydroxyl groups is 1. The van der Waals surface area contributed by atoms with Gasteiger partial charge in [0.05, 0.1) is 5.39 Å². The number of nitrogens with zero attached hydrogens (tertiary/aromatic N) is 2. The number of halogens is 2. The molecule has 0 amide bonds. The monoisotopic (exact) mass is 400 g/mol. The Morgan fingerprint density at radius 1 is 1.29 bits per heavy atom. The van der Waals surface area contributed by atoms with Gasteiger partial charge in [-0.3, -0.25) is 0 Å². The maximum Gasteiger partial charge on any atom is 0.358 e. The van der Waals surface area contributed by atoms with Crippen LogP contribution in [0.3, 0.4) is 0 Å². The van der Waals surface area contributed by atoms with Crippen molar-refractivity contribution in [1.82, 2.24) is 10.1 Å². The number of hydrogen-bond donors (Lipinski definition) is 2. The molecule has 0 unspecified atom stereocenters. The SMILES string of the molecule is O=C(O)c1nc(I)c2c(-c3ccc(F)cc3)noc2c1O. The van der Waals surface area contributed by atoms with Crippen molar-refractivity contribution in [3.63, 3.8) is 0 Å². The molecule has 0 bridgehead atoms. The molecule has 0 spiro atoms. The van der Waals surface area contributed by atoms with Gasteiger partial charge in [-0.1, -0.05) is 5.16 Å². The van der Waals surface area contributed by atoms with Gasteiger partial charge >= 0.3 is 5.97 Å². The van der Waals surface area contributed by atoms with Crippen LogP contribution in [0.1, 0.15) is 10.5 Å². The minimum atomic E-state index is -1.37. The molecule has 0 saturated heterocycles. The van der Waals surface area contributed by atoms with Gasteiger partial charge in [-0.2, -0.15) is 0 Å². The highest BCUT2D eigenvalue weighted by molar-refractivity contribution is 14.1. The first-order chi connectivity index (χ1) is 9.99. The Morgan fingerprint density at radius 2 is 1.95 bits per heavy atom. The molecule has 3 rings (SSSR count). The number of fused-ring (bicyclic) bond motifs is 1. The summed E-state index contributed by atoms with van der Waals surface area (Å²) in [6.07, 6.45) is 0. The van der Waals surface area contributed by atoms with Crippen LogP contribution in [-0.2, 0) is 0 Å². The maximum atomic E-state index is 13.0. The fourth-order valence-corrected chi connectivity index (χ4v) is 2.65. The van der Waals surface area contributed by atoms with E-state index < -0.39 is 23.2 Å². The fraction of sp³-hybridized carbons (Fsp3) is 0. The Kier molecular flexibility index (Phi) is 3.24. The maximum absolute atomic E-state index is 13.0. The third kappa shape index (κ3) is 2.20. The third-order valence-corrected chi connectivity index (χ3v) is 3.65. The molecule has 106 valence electrons. The van der Waals surface area contributed by atoms with Gasteiger partial charge in [-0.15, -0.1) is 0 Å². The Labute approximate surface area is 130 Å². The van der Waals surface area contributed by atoms with E-state index in [4.69, 9.17) is 9.63 Å². The third-order valence-electron chi connectivity index (χ3n) is 2.87. The van der Waals surface area contributed by atoms with Gasteiger partial charge in [0.25, 0.3) is 0 Å². The zero-order chi connectivity index (χ0) is 15.1. The first kappa shape index (κ1) is 13.7. The van der Waals surface area contributed by atoms with Crippen molar-refractivity contribution in [2.75, 3.05) is 0 Å². The molecular formula is C13H6FIN2O4. The van der Waals surface area contributed by atoms with Gasteiger partial charge in [0.15, 0.2) is 11.4 Å². The Balaban J connectivity index is 2.30. The predicted octanol–water partition coefficient (Wildman–Crippen LogP) is 3.04. The van der Waals surface area contributed by atoms with Crippen molar-refractivity contribution < 1.29 is 23.9 Å². The summed E-state index contributed by atoms with van der Waals surface area (Å²) in [6, 6.07) is 5.54. The quantitative estimate of drug-likeness (QED) is 0.507. The lowest BCUT2D eigenvalue weighted by atomic mass is 10.1. The van der Waals surface area contributed by atoms with Crippen LogP contribution in [0, 0.1) is 9.52 Å². The second-order valence-corrected chi connectivity index (χ2v) is 5.17. The van der Waals surface area contributed by atoms with E-state index in [1.54, 1.807) is 0 Å². The van der Waals surface area contributed by atoms with Crippen LogP contribution in [0.4, 0.5) is 4.39 Å². The summed E-state index contributed by atoms with van der Waals surface area (Å²) in [6.45, 7) is 0. The number of carboxylic acids is 1. The molecule has 21 heavy (non-hydrogen) atoms. The van der Waals surface area contributed by atoms with Gasteiger partial charge in [-0.25, -0.2) is 14.2 Å². The molecule has 0 fully saturated rings. The molecule has 0 atom stereocenters. The Bertz CT molecular complexity index is 861. The van der Waals surface area contributed by atoms with Crippen LogP contribution < -0.4 is 0 Å². The lowest BCUT2D eigenvalue weighted by Crippen LogP contribution is -2.02. The molecule has 2 aromatic heterocycles. The van der Waals surface area contributed by atoms with E-state index in [0.29, 0.717) is 20.3 Å². The van der Waals surface area contributed by atoms with E-state index in [9.17, 15) is 14.3 Å². The molecule has 3 aromatic rings. The Morgan fingerprint density at radius 3 is 2.57 bits per heavy atom. The van der Waals surface area contributed by atoms with E-state index >= 15 is 0 Å². The van der Waals surface area contributed by atoms with Crippen molar-refractivity contribution in [3.8, 4) is 17.0 Å². The number of carboxylic acid groups (broad SMARTS) is 1. The number of carbonyl (C=O) groups is 1. The summed E-state index contributed by atoms with van der Waals surface area (Å²) < 4.78 is 18.3. The van der Waals surface area contributed by atoms with Crippen molar-refractivity contribution in [1.29, 1.82) is 0 Å². The number of aromatic carboxylic acids is 1. The molecule has 0 aliphatic rings. The highest BCUT2D eigenvalue weighted by Crippen LogP contribution is 2.36. The first-order valence-corrected chi connectivity index (χ1v) is 6.74. The van der Waals surface area contributed by atoms with Gasteiger partial charge in [0.2, 0.25) is 5.58 Å². The summed E-state index contributed by atoms with van der Waals surface area (Å²) in [4.78, 5) is 14.8. The molecule has 1 aromatic carbocycles. The molecule has 2 heterocycles. The molecular weight excluding hydrogens is 394 g/mol. The largest absolute Gasteiger partial charge is 0.502 e. The molecule has 8 heteroatoms. The van der Waals surface area contributed by atoms with Crippen LogP contribution in [0.15, 0.2) is 28.8 Å². The highest BCUT2D eigenvalue weighted by atomic mass is 127. The zero-order valence-electron chi connectivity index (χ0n) is 10.2. The topological polar surface area (TPSA) is 96.5 Å². The number of hydrogen-bond acceptors (Lipinski definition) is 5. The van der Waals surface area contributed by atoms with Gasteiger partial charge in [-0.05, 0) is 46.9 Å². The van der Waals surface area contributed by atoms with Crippen LogP contribution in [0.25, 0.3) is 22.2 Å². The average Bonchev–Trinajstić information content (AvgIpc) is 2.89. The summed E-state index contributed by atoms with van der Waals surface area (Å²) >= 11 is 1.83. The van der Waals surface area contributed by atoms with Gasteiger partial charge in [0, 0.05) is 5.56 Å².